The molecule has 7 heteroatoms. The number of rotatable bonds is 8. The molecule has 1 aliphatic carbocycles. The highest BCUT2D eigenvalue weighted by Gasteiger charge is 2.56. The number of methoxy groups -OCH3 is 2. The van der Waals surface area contributed by atoms with Gasteiger partial charge in [-0.25, -0.2) is 9.59 Å². The molecule has 2 rings (SSSR count). The summed E-state index contributed by atoms with van der Waals surface area (Å²) in [6.45, 7) is 3.45. The molecular weight excluding hydrogens is 362 g/mol. The van der Waals surface area contributed by atoms with Crippen LogP contribution < -0.4 is 10.1 Å². The first-order chi connectivity index (χ1) is 13.4. The number of esters is 1. The first-order valence-corrected chi connectivity index (χ1v) is 9.08. The Hall–Kier alpha value is -3.01. The minimum Gasteiger partial charge on any atom is -0.497 e. The van der Waals surface area contributed by atoms with Gasteiger partial charge in [-0.15, -0.1) is 0 Å². The van der Waals surface area contributed by atoms with Crippen LogP contribution in [0.2, 0.25) is 0 Å². The van der Waals surface area contributed by atoms with E-state index in [2.05, 4.69) is 5.32 Å². The van der Waals surface area contributed by atoms with Gasteiger partial charge in [0.2, 0.25) is 5.76 Å². The Bertz CT molecular complexity index is 803. The van der Waals surface area contributed by atoms with Gasteiger partial charge < -0.3 is 19.5 Å². The standard InChI is InChI=1S/C21H25NO6/c1-14(2)28-20(25)21(11-5-6-15(21)12-23)19(18(13-24)27-4)22-16-7-9-17(26-3)10-8-16/h7-10,14,19,22H,5-6,11H2,1-4H3. The SMILES string of the molecule is COC(=C=O)C(Nc1ccc(OC)cc1)C1(C(=O)OC(C)C)CCCC1=C=O. The smallest absolute Gasteiger partial charge is 0.319 e. The summed E-state index contributed by atoms with van der Waals surface area (Å²) >= 11 is 0. The Morgan fingerprint density at radius 2 is 1.86 bits per heavy atom. The van der Waals surface area contributed by atoms with Crippen LogP contribution in [0.15, 0.2) is 35.6 Å². The second-order valence-corrected chi connectivity index (χ2v) is 6.84. The summed E-state index contributed by atoms with van der Waals surface area (Å²) in [5, 5.41) is 3.15. The van der Waals surface area contributed by atoms with E-state index in [4.69, 9.17) is 14.2 Å². The molecule has 1 aromatic carbocycles. The van der Waals surface area contributed by atoms with Gasteiger partial charge in [-0.05, 0) is 57.4 Å². The molecule has 0 amide bonds. The van der Waals surface area contributed by atoms with Crippen molar-refractivity contribution in [3.8, 4) is 5.75 Å². The average Bonchev–Trinajstić information content (AvgIpc) is 3.13. The maximum absolute atomic E-state index is 13.1. The van der Waals surface area contributed by atoms with Gasteiger partial charge >= 0.3 is 5.97 Å². The van der Waals surface area contributed by atoms with Crippen LogP contribution in [0.25, 0.3) is 0 Å². The van der Waals surface area contributed by atoms with Crippen LogP contribution in [0.5, 0.6) is 5.75 Å². The number of hydrogen-bond donors (Lipinski definition) is 1. The van der Waals surface area contributed by atoms with Crippen LogP contribution in [-0.4, -0.2) is 44.2 Å². The summed E-state index contributed by atoms with van der Waals surface area (Å²) < 4.78 is 15.8. The lowest BCUT2D eigenvalue weighted by molar-refractivity contribution is -0.158. The van der Waals surface area contributed by atoms with Crippen LogP contribution in [0.4, 0.5) is 5.69 Å². The zero-order chi connectivity index (χ0) is 20.7. The third kappa shape index (κ3) is 4.11. The van der Waals surface area contributed by atoms with Gasteiger partial charge in [0.05, 0.1) is 20.3 Å². The monoisotopic (exact) mass is 387 g/mol. The molecule has 0 spiro atoms. The van der Waals surface area contributed by atoms with Crippen LogP contribution in [0.3, 0.4) is 0 Å². The Labute approximate surface area is 164 Å². The van der Waals surface area contributed by atoms with E-state index < -0.39 is 17.4 Å². The van der Waals surface area contributed by atoms with E-state index >= 15 is 0 Å². The van der Waals surface area contributed by atoms with Crippen molar-refractivity contribution in [1.29, 1.82) is 0 Å². The quantitative estimate of drug-likeness (QED) is 0.417. The van der Waals surface area contributed by atoms with Crippen molar-refractivity contribution in [3.63, 3.8) is 0 Å². The summed E-state index contributed by atoms with van der Waals surface area (Å²) in [6, 6.07) is 5.99. The maximum atomic E-state index is 13.1. The van der Waals surface area contributed by atoms with E-state index in [1.165, 1.54) is 7.11 Å². The fraction of sp³-hybridized carbons (Fsp3) is 0.476. The number of nitrogens with one attached hydrogen (secondary N) is 1. The highest BCUT2D eigenvalue weighted by molar-refractivity contribution is 5.88. The van der Waals surface area contributed by atoms with Crippen molar-refractivity contribution >= 4 is 23.5 Å². The Morgan fingerprint density at radius 3 is 2.36 bits per heavy atom. The van der Waals surface area contributed by atoms with Crippen molar-refractivity contribution in [2.24, 2.45) is 5.41 Å². The highest BCUT2D eigenvalue weighted by Crippen LogP contribution is 2.48. The predicted molar refractivity (Wildman–Crippen MR) is 103 cm³/mol. The number of hydrogen-bond acceptors (Lipinski definition) is 7. The zero-order valence-corrected chi connectivity index (χ0v) is 16.5. The first-order valence-electron chi connectivity index (χ1n) is 9.08. The van der Waals surface area contributed by atoms with Gasteiger partial charge in [0, 0.05) is 11.3 Å². The second-order valence-electron chi connectivity index (χ2n) is 6.84. The van der Waals surface area contributed by atoms with Crippen molar-refractivity contribution in [3.05, 3.63) is 35.6 Å². The average molecular weight is 387 g/mol. The molecule has 28 heavy (non-hydrogen) atoms. The number of carbonyl (C=O) groups is 1. The minimum atomic E-state index is -1.39. The summed E-state index contributed by atoms with van der Waals surface area (Å²) in [5.41, 5.74) is -0.521. The lowest BCUT2D eigenvalue weighted by Crippen LogP contribution is -2.49. The molecule has 1 saturated carbocycles. The number of benzene rings is 1. The topological polar surface area (TPSA) is 90.9 Å². The van der Waals surface area contributed by atoms with E-state index in [1.54, 1.807) is 51.2 Å². The maximum Gasteiger partial charge on any atom is 0.319 e. The molecule has 1 aromatic rings. The van der Waals surface area contributed by atoms with E-state index in [0.717, 1.165) is 0 Å². The molecule has 7 nitrogen and oxygen atoms in total. The highest BCUT2D eigenvalue weighted by atomic mass is 16.5. The predicted octanol–water partition coefficient (Wildman–Crippen LogP) is 2.72. The largest absolute Gasteiger partial charge is 0.497 e. The summed E-state index contributed by atoms with van der Waals surface area (Å²) in [5.74, 6) is 3.61. The Balaban J connectivity index is 2.57. The van der Waals surface area contributed by atoms with Gasteiger partial charge in [0.1, 0.15) is 23.1 Å². The van der Waals surface area contributed by atoms with Crippen molar-refractivity contribution in [1.82, 2.24) is 0 Å². The molecule has 0 radical (unpaired) electrons. The normalized spacial score (nSPS) is 19.4. The van der Waals surface area contributed by atoms with Crippen molar-refractivity contribution in [2.45, 2.75) is 45.3 Å². The molecule has 2 atom stereocenters. The molecule has 0 bridgehead atoms. The molecule has 0 saturated heterocycles. The lowest BCUT2D eigenvalue weighted by Gasteiger charge is -2.36. The van der Waals surface area contributed by atoms with Crippen LogP contribution in [0.1, 0.15) is 33.1 Å². The van der Waals surface area contributed by atoms with Crippen LogP contribution in [-0.2, 0) is 23.9 Å². The van der Waals surface area contributed by atoms with Gasteiger partial charge in [0.25, 0.3) is 0 Å². The summed E-state index contributed by atoms with van der Waals surface area (Å²) in [7, 11) is 2.88. The van der Waals surface area contributed by atoms with Gasteiger partial charge in [-0.2, -0.15) is 0 Å². The summed E-state index contributed by atoms with van der Waals surface area (Å²) in [6.07, 6.45) is 0.929. The number of anilines is 1. The fourth-order valence-electron chi connectivity index (χ4n) is 3.53. The molecular formula is C21H25NO6. The van der Waals surface area contributed by atoms with Gasteiger partial charge in [0.15, 0.2) is 5.94 Å². The number of carbonyl (C=O) groups excluding carboxylic acids is 3. The van der Waals surface area contributed by atoms with Crippen LogP contribution in [0, 0.1) is 5.41 Å². The lowest BCUT2D eigenvalue weighted by atomic mass is 9.74. The second kappa shape index (κ2) is 9.27. The molecule has 1 N–H and O–H groups in total. The van der Waals surface area contributed by atoms with Gasteiger partial charge in [-0.1, -0.05) is 0 Å². The third-order valence-electron chi connectivity index (χ3n) is 4.84. The first kappa shape index (κ1) is 21.3. The molecule has 0 aliphatic heterocycles. The van der Waals surface area contributed by atoms with E-state index in [-0.39, 0.29) is 17.4 Å². The molecule has 2 unspecified atom stereocenters. The molecule has 150 valence electrons. The molecule has 1 fully saturated rings. The number of ether oxygens (including phenoxy) is 3. The molecule has 0 heterocycles. The van der Waals surface area contributed by atoms with Gasteiger partial charge in [-0.3, -0.25) is 4.79 Å². The molecule has 1 aliphatic rings. The van der Waals surface area contributed by atoms with Crippen molar-refractivity contribution in [2.75, 3.05) is 19.5 Å². The van der Waals surface area contributed by atoms with Crippen LogP contribution >= 0.6 is 0 Å². The van der Waals surface area contributed by atoms with E-state index in [1.807, 2.05) is 5.94 Å². The van der Waals surface area contributed by atoms with Crippen molar-refractivity contribution < 1.29 is 28.6 Å². The van der Waals surface area contributed by atoms with E-state index in [0.29, 0.717) is 30.7 Å². The molecule has 0 aromatic heterocycles. The Kier molecular flexibility index (Phi) is 7.05. The fourth-order valence-corrected chi connectivity index (χ4v) is 3.53. The minimum absolute atomic E-state index is 0.119. The van der Waals surface area contributed by atoms with E-state index in [9.17, 15) is 14.4 Å². The summed E-state index contributed by atoms with van der Waals surface area (Å²) in [4.78, 5) is 36.4. The third-order valence-corrected chi connectivity index (χ3v) is 4.84. The zero-order valence-electron chi connectivity index (χ0n) is 16.5. The Morgan fingerprint density at radius 1 is 1.18 bits per heavy atom.